The Morgan fingerprint density at radius 3 is 2.42 bits per heavy atom. The fraction of sp³-hybridized carbons (Fsp3) is 0.148. The molecule has 4 aromatic rings. The minimum atomic E-state index is -4.64. The number of carbonyl (C=O) groups is 1. The minimum absolute atomic E-state index is 0. The third kappa shape index (κ3) is 6.95. The number of hydrogen-bond acceptors (Lipinski definition) is 7. The summed E-state index contributed by atoms with van der Waals surface area (Å²) in [6, 6.07) is 15.7. The second-order valence-electron chi connectivity index (χ2n) is 8.31. The molecule has 0 saturated heterocycles. The topological polar surface area (TPSA) is 140 Å². The van der Waals surface area contributed by atoms with E-state index in [0.29, 0.717) is 45.8 Å². The van der Waals surface area contributed by atoms with Crippen LogP contribution in [-0.4, -0.2) is 25.5 Å². The van der Waals surface area contributed by atoms with Crippen molar-refractivity contribution in [1.29, 1.82) is 0 Å². The Morgan fingerprint density at radius 1 is 1.05 bits per heavy atom. The first kappa shape index (κ1) is 31.8. The summed E-state index contributed by atoms with van der Waals surface area (Å²) in [6.07, 6.45) is 0.420. The van der Waals surface area contributed by atoms with Gasteiger partial charge >= 0.3 is 29.6 Å². The van der Waals surface area contributed by atoms with Gasteiger partial charge in [0.25, 0.3) is 16.0 Å². The minimum Gasteiger partial charge on any atom is -0.870 e. The van der Waals surface area contributed by atoms with Crippen LogP contribution in [0.3, 0.4) is 0 Å². The van der Waals surface area contributed by atoms with Crippen LogP contribution in [0.25, 0.3) is 10.8 Å². The van der Waals surface area contributed by atoms with Crippen LogP contribution >= 0.6 is 23.2 Å². The van der Waals surface area contributed by atoms with E-state index >= 15 is 0 Å². The van der Waals surface area contributed by atoms with Crippen molar-refractivity contribution in [2.45, 2.75) is 25.2 Å². The molecule has 202 valence electrons. The van der Waals surface area contributed by atoms with Gasteiger partial charge in [-0.2, -0.15) is 13.5 Å². The maximum atomic E-state index is 13.4. The molecule has 0 radical (unpaired) electrons. The van der Waals surface area contributed by atoms with Crippen molar-refractivity contribution in [3.63, 3.8) is 0 Å². The van der Waals surface area contributed by atoms with Crippen molar-refractivity contribution in [3.05, 3.63) is 81.8 Å². The Balaban J connectivity index is 0.00000441. The van der Waals surface area contributed by atoms with Gasteiger partial charge in [-0.1, -0.05) is 60.1 Å². The number of amides is 1. The van der Waals surface area contributed by atoms with E-state index in [0.717, 1.165) is 0 Å². The molecule has 0 aliphatic rings. The molecule has 0 atom stereocenters. The number of carbonyl (C=O) groups excluding carboxylic acids is 1. The van der Waals surface area contributed by atoms with Gasteiger partial charge in [0.05, 0.1) is 22.3 Å². The number of halogens is 2. The smallest absolute Gasteiger partial charge is 0.870 e. The molecule has 0 aromatic heterocycles. The number of ether oxygens (including phenoxy) is 1. The summed E-state index contributed by atoms with van der Waals surface area (Å²) in [7, 11) is -4.64. The molecule has 0 spiro atoms. The number of nitrogens with zero attached hydrogens (tertiary/aromatic N) is 2. The number of hydrogen-bond donors (Lipinski definition) is 2. The van der Waals surface area contributed by atoms with E-state index in [1.54, 1.807) is 43.3 Å². The van der Waals surface area contributed by atoms with E-state index in [4.69, 9.17) is 27.9 Å². The molecule has 1 amide bonds. The van der Waals surface area contributed by atoms with Crippen LogP contribution in [0.5, 0.6) is 11.5 Å². The van der Waals surface area contributed by atoms with Crippen molar-refractivity contribution >= 4 is 67.1 Å². The molecule has 4 aromatic carbocycles. The summed E-state index contributed by atoms with van der Waals surface area (Å²) in [5.41, 5.74) is 0.473. The van der Waals surface area contributed by atoms with Gasteiger partial charge < -0.3 is 15.2 Å². The van der Waals surface area contributed by atoms with E-state index in [1.165, 1.54) is 24.3 Å². The monoisotopic (exact) mass is 609 g/mol. The predicted molar refractivity (Wildman–Crippen MR) is 149 cm³/mol. The maximum absolute atomic E-state index is 13.4. The van der Waals surface area contributed by atoms with Crippen LogP contribution in [0.4, 0.5) is 17.1 Å². The van der Waals surface area contributed by atoms with Gasteiger partial charge in [-0.15, -0.1) is 5.11 Å². The van der Waals surface area contributed by atoms with Crippen LogP contribution in [0.15, 0.2) is 75.8 Å². The molecular formula is C27H22Cl2N3NaO6S. The fourth-order valence-corrected chi connectivity index (χ4v) is 5.14. The van der Waals surface area contributed by atoms with Gasteiger partial charge in [0, 0.05) is 16.6 Å². The standard InChI is InChI=1S/C27H23Cl2N3O6S.Na/c1-3-15-11-21(24(29)23(12-15)39(35,36)37)31-32-25-18-8-6-5-7-16(18)13-19(26(25)33)27(34)30-17-9-10-22(38-4-2)20(28)14-17;/h5-14,33H,3-4H2,1-2H3,(H,30,34)(H,35,36,37);/q;+1/p-1. The van der Waals surface area contributed by atoms with Crippen molar-refractivity contribution in [3.8, 4) is 11.5 Å². The summed E-state index contributed by atoms with van der Waals surface area (Å²) >= 11 is 12.4. The number of rotatable bonds is 8. The SMILES string of the molecule is CCOc1ccc(NC(=O)c2cc3ccccc3c(N=Nc3cc(CC)cc(S(=O)(=O)O)c3Cl)c2[O-])cc1Cl.[Na+]. The van der Waals surface area contributed by atoms with Crippen molar-refractivity contribution in [2.24, 2.45) is 10.2 Å². The largest absolute Gasteiger partial charge is 1.00 e. The first-order valence-corrected chi connectivity index (χ1v) is 13.9. The van der Waals surface area contributed by atoms with Crippen LogP contribution in [-0.2, 0) is 16.5 Å². The summed E-state index contributed by atoms with van der Waals surface area (Å²) in [5, 5.41) is 25.2. The molecule has 0 saturated carbocycles. The molecule has 0 aliphatic heterocycles. The van der Waals surface area contributed by atoms with Gasteiger partial charge in [0.1, 0.15) is 16.3 Å². The average molecular weight is 610 g/mol. The van der Waals surface area contributed by atoms with E-state index in [2.05, 4.69) is 15.5 Å². The summed E-state index contributed by atoms with van der Waals surface area (Å²) < 4.78 is 38.6. The van der Waals surface area contributed by atoms with Crippen molar-refractivity contribution in [2.75, 3.05) is 11.9 Å². The Hall–Kier alpha value is -2.70. The molecule has 0 fully saturated rings. The van der Waals surface area contributed by atoms with Crippen molar-refractivity contribution in [1.82, 2.24) is 0 Å². The molecular weight excluding hydrogens is 588 g/mol. The molecule has 13 heteroatoms. The zero-order chi connectivity index (χ0) is 28.3. The van der Waals surface area contributed by atoms with Crippen LogP contribution in [0.1, 0.15) is 29.8 Å². The van der Waals surface area contributed by atoms with Gasteiger partial charge in [-0.3, -0.25) is 9.35 Å². The zero-order valence-corrected chi connectivity index (χ0v) is 26.1. The average Bonchev–Trinajstić information content (AvgIpc) is 2.89. The van der Waals surface area contributed by atoms with Gasteiger partial charge in [0.2, 0.25) is 0 Å². The number of anilines is 1. The molecule has 0 aliphatic carbocycles. The fourth-order valence-electron chi connectivity index (χ4n) is 3.83. The summed E-state index contributed by atoms with van der Waals surface area (Å²) in [5.74, 6) is -0.940. The Bertz CT molecular complexity index is 1730. The molecule has 40 heavy (non-hydrogen) atoms. The van der Waals surface area contributed by atoms with E-state index in [1.807, 2.05) is 6.92 Å². The summed E-state index contributed by atoms with van der Waals surface area (Å²) in [4.78, 5) is 12.6. The third-order valence-corrected chi connectivity index (χ3v) is 7.42. The quantitative estimate of drug-likeness (QED) is 0.175. The normalized spacial score (nSPS) is 11.4. The zero-order valence-electron chi connectivity index (χ0n) is 21.7. The third-order valence-electron chi connectivity index (χ3n) is 5.73. The molecule has 0 unspecified atom stereocenters. The van der Waals surface area contributed by atoms with E-state index < -0.39 is 26.7 Å². The first-order chi connectivity index (χ1) is 18.5. The molecule has 9 nitrogen and oxygen atoms in total. The maximum Gasteiger partial charge on any atom is 1.00 e. The predicted octanol–water partition coefficient (Wildman–Crippen LogP) is 4.10. The van der Waals surface area contributed by atoms with Crippen molar-refractivity contribution < 1.29 is 57.2 Å². The molecule has 2 N–H and O–H groups in total. The van der Waals surface area contributed by atoms with E-state index in [9.17, 15) is 22.9 Å². The van der Waals surface area contributed by atoms with E-state index in [-0.39, 0.29) is 51.5 Å². The molecule has 4 rings (SSSR count). The number of benzene rings is 4. The van der Waals surface area contributed by atoms with Gasteiger partial charge in [-0.25, -0.2) is 0 Å². The second-order valence-corrected chi connectivity index (χ2v) is 10.5. The van der Waals surface area contributed by atoms with Gasteiger partial charge in [-0.05, 0) is 60.7 Å². The number of nitrogens with one attached hydrogen (secondary N) is 1. The van der Waals surface area contributed by atoms with Crippen LogP contribution < -0.4 is 44.7 Å². The number of fused-ring (bicyclic) bond motifs is 1. The number of aryl methyl sites for hydroxylation is 1. The van der Waals surface area contributed by atoms with Gasteiger partial charge in [0.15, 0.2) is 0 Å². The second kappa shape index (κ2) is 13.3. The molecule has 0 bridgehead atoms. The van der Waals surface area contributed by atoms with Crippen LogP contribution in [0.2, 0.25) is 10.0 Å². The Kier molecular flexibility index (Phi) is 10.6. The Labute approximate surface area is 263 Å². The first-order valence-electron chi connectivity index (χ1n) is 11.7. The Morgan fingerprint density at radius 2 is 1.77 bits per heavy atom. The summed E-state index contributed by atoms with van der Waals surface area (Å²) in [6.45, 7) is 4.02. The number of azo groups is 1. The molecule has 0 heterocycles. The van der Waals surface area contributed by atoms with Crippen LogP contribution in [0, 0.1) is 0 Å².